The predicted octanol–water partition coefficient (Wildman–Crippen LogP) is 11.2. The molecule has 5 aromatic carbocycles. The van der Waals surface area contributed by atoms with Crippen LogP contribution in [0.3, 0.4) is 0 Å². The Kier molecular flexibility index (Phi) is 7.55. The van der Waals surface area contributed by atoms with Gasteiger partial charge in [-0.15, -0.1) is 0 Å². The molecule has 1 atom stereocenters. The van der Waals surface area contributed by atoms with Crippen LogP contribution >= 0.6 is 0 Å². The summed E-state index contributed by atoms with van der Waals surface area (Å²) in [5, 5.41) is 8.27. The zero-order valence-corrected chi connectivity index (χ0v) is 30.4. The van der Waals surface area contributed by atoms with Crippen LogP contribution in [-0.4, -0.2) is 29.1 Å². The van der Waals surface area contributed by atoms with Crippen molar-refractivity contribution in [3.63, 3.8) is 0 Å². The maximum Gasteiger partial charge on any atom is 0.238 e. The highest BCUT2D eigenvalue weighted by molar-refractivity contribution is 6.24. The normalized spacial score (nSPS) is 15.4. The van der Waals surface area contributed by atoms with Crippen LogP contribution in [0.15, 0.2) is 176 Å². The SMILES string of the molecule is C1=CCCC(n2c3ccccc3c3ccc4c5ccccc5n(-c5nc(C6=CNC(c7ccccc7)C=C6)nc(-c6ccc(-c7ccccc7)nc6)n5)c4c32)=C1. The minimum Gasteiger partial charge on any atom is -0.380 e. The van der Waals surface area contributed by atoms with Crippen molar-refractivity contribution in [1.29, 1.82) is 0 Å². The van der Waals surface area contributed by atoms with E-state index in [1.165, 1.54) is 27.5 Å². The summed E-state index contributed by atoms with van der Waals surface area (Å²) in [5.41, 5.74) is 10.5. The third-order valence-electron chi connectivity index (χ3n) is 11.0. The number of benzene rings is 5. The summed E-state index contributed by atoms with van der Waals surface area (Å²) >= 11 is 0. The molecule has 1 aliphatic carbocycles. The Morgan fingerprint density at radius 3 is 1.95 bits per heavy atom. The molecule has 0 saturated carbocycles. The minimum absolute atomic E-state index is 0.0481. The number of dihydropyridines is 1. The van der Waals surface area contributed by atoms with Gasteiger partial charge in [0.25, 0.3) is 0 Å². The second-order valence-corrected chi connectivity index (χ2v) is 14.3. The molecule has 7 nitrogen and oxygen atoms in total. The van der Waals surface area contributed by atoms with Gasteiger partial charge in [0.1, 0.15) is 0 Å². The summed E-state index contributed by atoms with van der Waals surface area (Å²) < 4.78 is 4.70. The maximum absolute atomic E-state index is 5.32. The molecular weight excluding hydrogens is 687 g/mol. The number of hydrogen-bond donors (Lipinski definition) is 1. The number of aromatic nitrogens is 6. The number of nitrogens with zero attached hydrogens (tertiary/aromatic N) is 6. The van der Waals surface area contributed by atoms with Crippen molar-refractivity contribution in [2.75, 3.05) is 0 Å². The topological polar surface area (TPSA) is 73.5 Å². The molecule has 0 spiro atoms. The van der Waals surface area contributed by atoms with Gasteiger partial charge in [-0.05, 0) is 48.7 Å². The molecule has 56 heavy (non-hydrogen) atoms. The van der Waals surface area contributed by atoms with Crippen LogP contribution in [0.2, 0.25) is 0 Å². The van der Waals surface area contributed by atoms with E-state index < -0.39 is 0 Å². The highest BCUT2D eigenvalue weighted by Crippen LogP contribution is 2.42. The summed E-state index contributed by atoms with van der Waals surface area (Å²) in [6.07, 6.45) is 16.8. The van der Waals surface area contributed by atoms with E-state index in [1.54, 1.807) is 0 Å². The lowest BCUT2D eigenvalue weighted by molar-refractivity contribution is 0.747. The van der Waals surface area contributed by atoms with E-state index in [0.717, 1.165) is 62.6 Å². The van der Waals surface area contributed by atoms with Gasteiger partial charge in [0, 0.05) is 56.3 Å². The fraction of sp³-hybridized carbons (Fsp3) is 0.0612. The fourth-order valence-corrected chi connectivity index (χ4v) is 8.30. The number of hydrogen-bond acceptors (Lipinski definition) is 5. The minimum atomic E-state index is 0.0481. The van der Waals surface area contributed by atoms with Crippen molar-refractivity contribution in [3.05, 3.63) is 188 Å². The zero-order chi connectivity index (χ0) is 37.0. The Morgan fingerprint density at radius 2 is 1.27 bits per heavy atom. The summed E-state index contributed by atoms with van der Waals surface area (Å²) in [4.78, 5) is 20.6. The molecule has 4 aromatic heterocycles. The molecule has 0 amide bonds. The Morgan fingerprint density at radius 1 is 0.589 bits per heavy atom. The van der Waals surface area contributed by atoms with Gasteiger partial charge in [-0.25, -0.2) is 4.98 Å². The van der Waals surface area contributed by atoms with Crippen molar-refractivity contribution < 1.29 is 0 Å². The first-order valence-electron chi connectivity index (χ1n) is 19.1. The van der Waals surface area contributed by atoms with Crippen LogP contribution < -0.4 is 5.32 Å². The Balaban J connectivity index is 1.17. The van der Waals surface area contributed by atoms with Crippen LogP contribution in [0.5, 0.6) is 0 Å². The molecule has 0 bridgehead atoms. The molecule has 1 unspecified atom stereocenters. The number of fused-ring (bicyclic) bond motifs is 7. The van der Waals surface area contributed by atoms with E-state index in [4.69, 9.17) is 19.9 Å². The lowest BCUT2D eigenvalue weighted by Crippen LogP contribution is -2.17. The molecule has 0 saturated heterocycles. The molecule has 266 valence electrons. The first-order chi connectivity index (χ1) is 27.8. The number of allylic oxidation sites excluding steroid dienone is 6. The monoisotopic (exact) mass is 721 g/mol. The summed E-state index contributed by atoms with van der Waals surface area (Å²) in [6.45, 7) is 0. The van der Waals surface area contributed by atoms with E-state index in [9.17, 15) is 0 Å². The molecule has 0 fully saturated rings. The molecule has 1 aliphatic heterocycles. The van der Waals surface area contributed by atoms with Gasteiger partial charge < -0.3 is 9.88 Å². The van der Waals surface area contributed by atoms with Crippen molar-refractivity contribution in [2.45, 2.75) is 18.9 Å². The fourth-order valence-electron chi connectivity index (χ4n) is 8.30. The van der Waals surface area contributed by atoms with Crippen molar-refractivity contribution in [1.82, 2.24) is 34.4 Å². The van der Waals surface area contributed by atoms with Crippen LogP contribution in [-0.2, 0) is 0 Å². The summed E-state index contributed by atoms with van der Waals surface area (Å²) in [5.74, 6) is 1.67. The molecule has 0 radical (unpaired) electrons. The van der Waals surface area contributed by atoms with Gasteiger partial charge in [-0.3, -0.25) is 9.55 Å². The van der Waals surface area contributed by atoms with E-state index >= 15 is 0 Å². The van der Waals surface area contributed by atoms with Gasteiger partial charge in [0.2, 0.25) is 5.95 Å². The largest absolute Gasteiger partial charge is 0.380 e. The highest BCUT2D eigenvalue weighted by Gasteiger charge is 2.24. The predicted molar refractivity (Wildman–Crippen MR) is 228 cm³/mol. The molecule has 11 rings (SSSR count). The Labute approximate surface area is 323 Å². The second kappa shape index (κ2) is 13.2. The standard InChI is InChI=1S/C49H35N7/c1-4-14-32(15-5-1)41-28-24-34(30-50-41)47-52-48(35-25-29-42(51-31-35)33-16-6-2-7-17-33)54-49(53-47)56-44-23-13-11-21-38(44)40-27-26-39-37-20-10-12-22-43(37)55(45(39)46(40)56)36-18-8-3-9-19-36/h1-8,10-18,20-31,41,50H,9,19H2. The Bertz CT molecular complexity index is 3090. The second-order valence-electron chi connectivity index (χ2n) is 14.3. The summed E-state index contributed by atoms with van der Waals surface area (Å²) in [6, 6.07) is 46.6. The first-order valence-corrected chi connectivity index (χ1v) is 19.1. The van der Waals surface area contributed by atoms with Crippen LogP contribution in [0.1, 0.15) is 30.3 Å². The van der Waals surface area contributed by atoms with Gasteiger partial charge in [-0.1, -0.05) is 133 Å². The molecule has 7 heteroatoms. The van der Waals surface area contributed by atoms with Crippen LogP contribution in [0.25, 0.3) is 83.5 Å². The highest BCUT2D eigenvalue weighted by atomic mass is 15.2. The molecule has 9 aromatic rings. The third-order valence-corrected chi connectivity index (χ3v) is 11.0. The van der Waals surface area contributed by atoms with Gasteiger partial charge >= 0.3 is 0 Å². The number of rotatable bonds is 6. The van der Waals surface area contributed by atoms with E-state index in [-0.39, 0.29) is 6.04 Å². The Hall–Kier alpha value is -7.38. The average molecular weight is 722 g/mol. The molecule has 5 heterocycles. The zero-order valence-electron chi connectivity index (χ0n) is 30.4. The van der Waals surface area contributed by atoms with Gasteiger partial charge in [0.05, 0.1) is 33.8 Å². The lowest BCUT2D eigenvalue weighted by atomic mass is 10.0. The first kappa shape index (κ1) is 32.1. The van der Waals surface area contributed by atoms with E-state index in [1.807, 2.05) is 42.7 Å². The van der Waals surface area contributed by atoms with E-state index in [2.05, 4.69) is 148 Å². The average Bonchev–Trinajstić information content (AvgIpc) is 3.80. The number of nitrogens with one attached hydrogen (secondary N) is 1. The summed E-state index contributed by atoms with van der Waals surface area (Å²) in [7, 11) is 0. The maximum atomic E-state index is 5.32. The van der Waals surface area contributed by atoms with Crippen LogP contribution in [0.4, 0.5) is 0 Å². The quantitative estimate of drug-likeness (QED) is 0.185. The third kappa shape index (κ3) is 5.28. The molecular formula is C49H35N7. The molecule has 1 N–H and O–H groups in total. The number of pyridine rings is 1. The molecule has 2 aliphatic rings. The van der Waals surface area contributed by atoms with Crippen LogP contribution in [0, 0.1) is 0 Å². The van der Waals surface area contributed by atoms with Crippen molar-refractivity contribution in [3.8, 4) is 28.6 Å². The lowest BCUT2D eigenvalue weighted by Gasteiger charge is -2.19. The van der Waals surface area contributed by atoms with E-state index in [0.29, 0.717) is 17.6 Å². The van der Waals surface area contributed by atoms with Gasteiger partial charge in [-0.2, -0.15) is 9.97 Å². The number of para-hydroxylation sites is 2. The van der Waals surface area contributed by atoms with Crippen molar-refractivity contribution in [2.24, 2.45) is 0 Å². The van der Waals surface area contributed by atoms with Crippen molar-refractivity contribution >= 4 is 54.9 Å². The van der Waals surface area contributed by atoms with Gasteiger partial charge in [0.15, 0.2) is 11.6 Å². The smallest absolute Gasteiger partial charge is 0.238 e.